The van der Waals surface area contributed by atoms with Crippen LogP contribution in [0, 0.1) is 11.5 Å². The van der Waals surface area contributed by atoms with Crippen molar-refractivity contribution in [2.24, 2.45) is 5.41 Å². The van der Waals surface area contributed by atoms with E-state index in [9.17, 15) is 0 Å². The van der Waals surface area contributed by atoms with Crippen molar-refractivity contribution in [1.82, 2.24) is 0 Å². The van der Waals surface area contributed by atoms with Gasteiger partial charge in [-0.05, 0) is 17.2 Å². The van der Waals surface area contributed by atoms with Gasteiger partial charge in [0.15, 0.2) is 0 Å². The summed E-state index contributed by atoms with van der Waals surface area (Å²) in [5.74, 6) is 0. The van der Waals surface area contributed by atoms with Crippen molar-refractivity contribution in [3.05, 3.63) is 96.2 Å². The molecule has 0 aromatic heterocycles. The van der Waals surface area contributed by atoms with Crippen LogP contribution >= 0.6 is 0 Å². The van der Waals surface area contributed by atoms with Gasteiger partial charge in [-0.1, -0.05) is 79.0 Å². The Balaban J connectivity index is 2.25. The quantitative estimate of drug-likeness (QED) is 0.575. The largest absolute Gasteiger partial charge is 0.0658 e. The molecule has 81 valence electrons. The second-order valence-corrected chi connectivity index (χ2v) is 4.23. The fourth-order valence-electron chi connectivity index (χ4n) is 2.36. The third-order valence-corrected chi connectivity index (χ3v) is 3.24. The maximum Gasteiger partial charge on any atom is 0.0574 e. The highest BCUT2D eigenvalue weighted by Crippen LogP contribution is 2.44. The molecule has 0 amide bonds. The Hall–Kier alpha value is -2.08. The summed E-state index contributed by atoms with van der Waals surface area (Å²) in [4.78, 5) is 0. The first kappa shape index (κ1) is 10.1. The summed E-state index contributed by atoms with van der Waals surface area (Å²) in [6.45, 7) is 0. The molecule has 0 heterocycles. The minimum atomic E-state index is -0.136. The highest BCUT2D eigenvalue weighted by atomic mass is 14.3. The molecule has 3 aliphatic carbocycles. The lowest BCUT2D eigenvalue weighted by Crippen LogP contribution is -2.22. The SMILES string of the molecule is [C]1=CC=CC23C=CC=C/C2=C/C=C\C=C/C=C/13. The van der Waals surface area contributed by atoms with Crippen molar-refractivity contribution in [3.8, 4) is 0 Å². The number of rotatable bonds is 0. The molecule has 17 heavy (non-hydrogen) atoms. The van der Waals surface area contributed by atoms with Crippen molar-refractivity contribution in [2.75, 3.05) is 0 Å². The minimum absolute atomic E-state index is 0.136. The lowest BCUT2D eigenvalue weighted by Gasteiger charge is -2.33. The summed E-state index contributed by atoms with van der Waals surface area (Å²) >= 11 is 0. The molecular weight excluding hydrogens is 204 g/mol. The van der Waals surface area contributed by atoms with Crippen LogP contribution in [0.25, 0.3) is 0 Å². The second kappa shape index (κ2) is 4.06. The van der Waals surface area contributed by atoms with Gasteiger partial charge in [0.2, 0.25) is 0 Å². The minimum Gasteiger partial charge on any atom is -0.0658 e. The smallest absolute Gasteiger partial charge is 0.0574 e. The van der Waals surface area contributed by atoms with Crippen LogP contribution in [0.1, 0.15) is 0 Å². The molecule has 3 rings (SSSR count). The Labute approximate surface area is 102 Å². The van der Waals surface area contributed by atoms with Gasteiger partial charge in [0.1, 0.15) is 0 Å². The summed E-state index contributed by atoms with van der Waals surface area (Å²) in [5.41, 5.74) is 2.33. The van der Waals surface area contributed by atoms with E-state index >= 15 is 0 Å². The third-order valence-electron chi connectivity index (χ3n) is 3.24. The van der Waals surface area contributed by atoms with E-state index in [1.165, 1.54) is 11.1 Å². The number of allylic oxidation sites excluding steroid dienone is 16. The molecule has 0 saturated carbocycles. The second-order valence-electron chi connectivity index (χ2n) is 4.23. The predicted octanol–water partition coefficient (Wildman–Crippen LogP) is 4.01. The van der Waals surface area contributed by atoms with Crippen molar-refractivity contribution in [1.29, 1.82) is 0 Å². The zero-order valence-electron chi connectivity index (χ0n) is 9.51. The van der Waals surface area contributed by atoms with Crippen LogP contribution in [0.5, 0.6) is 0 Å². The zero-order valence-corrected chi connectivity index (χ0v) is 9.51. The monoisotopic (exact) mass is 217 g/mol. The first-order valence-electron chi connectivity index (χ1n) is 5.82. The Morgan fingerprint density at radius 1 is 0.765 bits per heavy atom. The zero-order chi connectivity index (χ0) is 11.6. The van der Waals surface area contributed by atoms with Crippen molar-refractivity contribution in [2.45, 2.75) is 0 Å². The van der Waals surface area contributed by atoms with E-state index in [0.717, 1.165) is 0 Å². The summed E-state index contributed by atoms with van der Waals surface area (Å²) in [6, 6.07) is 0. The highest BCUT2D eigenvalue weighted by Gasteiger charge is 2.32. The van der Waals surface area contributed by atoms with Gasteiger partial charge in [-0.2, -0.15) is 0 Å². The summed E-state index contributed by atoms with van der Waals surface area (Å²) < 4.78 is 0. The maximum absolute atomic E-state index is 3.35. The van der Waals surface area contributed by atoms with E-state index in [1.54, 1.807) is 0 Å². The molecule has 1 spiro atoms. The van der Waals surface area contributed by atoms with E-state index in [4.69, 9.17) is 0 Å². The molecule has 0 bridgehead atoms. The first-order chi connectivity index (χ1) is 8.42. The third kappa shape index (κ3) is 1.62. The Morgan fingerprint density at radius 3 is 2.53 bits per heavy atom. The molecule has 0 fully saturated rings. The molecular formula is C17H13. The fourth-order valence-corrected chi connectivity index (χ4v) is 2.36. The molecule has 1 unspecified atom stereocenters. The Kier molecular flexibility index (Phi) is 2.41. The summed E-state index contributed by atoms with van der Waals surface area (Å²) in [5, 5.41) is 0. The van der Waals surface area contributed by atoms with Gasteiger partial charge < -0.3 is 0 Å². The Bertz CT molecular complexity index is 503. The normalized spacial score (nSPS) is 32.9. The Morgan fingerprint density at radius 2 is 1.59 bits per heavy atom. The molecule has 1 atom stereocenters. The van der Waals surface area contributed by atoms with Crippen LogP contribution in [0.3, 0.4) is 0 Å². The number of hydrogen-bond acceptors (Lipinski definition) is 0. The molecule has 0 aromatic rings. The van der Waals surface area contributed by atoms with Gasteiger partial charge in [-0.15, -0.1) is 0 Å². The van der Waals surface area contributed by atoms with Gasteiger partial charge in [-0.3, -0.25) is 0 Å². The lowest BCUT2D eigenvalue weighted by atomic mass is 9.69. The molecule has 1 radical (unpaired) electrons. The van der Waals surface area contributed by atoms with Crippen LogP contribution < -0.4 is 0 Å². The predicted molar refractivity (Wildman–Crippen MR) is 72.1 cm³/mol. The maximum atomic E-state index is 3.35. The molecule has 0 aromatic carbocycles. The highest BCUT2D eigenvalue weighted by molar-refractivity contribution is 5.56. The summed E-state index contributed by atoms with van der Waals surface area (Å²) in [7, 11) is 0. The van der Waals surface area contributed by atoms with Gasteiger partial charge in [-0.25, -0.2) is 0 Å². The summed E-state index contributed by atoms with van der Waals surface area (Å²) in [6.07, 6.45) is 30.8. The topological polar surface area (TPSA) is 0 Å². The number of hydrogen-bond donors (Lipinski definition) is 0. The molecule has 0 N–H and O–H groups in total. The standard InChI is InChI=1S/C17H13/c1-2-4-10-16-12-6-8-14-17(16)13-7-5-11-15(17)9-3-1/h1-11,13-14H/b3-1-,4-2-,15-9-,16-10-. The van der Waals surface area contributed by atoms with E-state index in [2.05, 4.69) is 72.9 Å². The molecule has 0 nitrogen and oxygen atoms in total. The lowest BCUT2D eigenvalue weighted by molar-refractivity contribution is 0.721. The molecule has 0 saturated heterocycles. The van der Waals surface area contributed by atoms with Gasteiger partial charge in [0.25, 0.3) is 0 Å². The van der Waals surface area contributed by atoms with Crippen LogP contribution in [0.4, 0.5) is 0 Å². The van der Waals surface area contributed by atoms with Crippen molar-refractivity contribution >= 4 is 0 Å². The van der Waals surface area contributed by atoms with Crippen LogP contribution in [-0.2, 0) is 0 Å². The average Bonchev–Trinajstić information content (AvgIpc) is 2.46. The van der Waals surface area contributed by atoms with Crippen molar-refractivity contribution < 1.29 is 0 Å². The van der Waals surface area contributed by atoms with Crippen LogP contribution in [0.2, 0.25) is 0 Å². The van der Waals surface area contributed by atoms with E-state index in [0.29, 0.717) is 0 Å². The van der Waals surface area contributed by atoms with Gasteiger partial charge in [0.05, 0.1) is 5.41 Å². The first-order valence-corrected chi connectivity index (χ1v) is 5.82. The molecule has 3 aliphatic rings. The van der Waals surface area contributed by atoms with Gasteiger partial charge in [0, 0.05) is 0 Å². The van der Waals surface area contributed by atoms with E-state index < -0.39 is 0 Å². The van der Waals surface area contributed by atoms with Crippen LogP contribution in [-0.4, -0.2) is 0 Å². The molecule has 0 aliphatic heterocycles. The van der Waals surface area contributed by atoms with Gasteiger partial charge >= 0.3 is 0 Å². The average molecular weight is 217 g/mol. The van der Waals surface area contributed by atoms with Crippen molar-refractivity contribution in [3.63, 3.8) is 0 Å². The van der Waals surface area contributed by atoms with E-state index in [-0.39, 0.29) is 5.41 Å². The van der Waals surface area contributed by atoms with Crippen LogP contribution in [0.15, 0.2) is 90.1 Å². The van der Waals surface area contributed by atoms with E-state index in [1.807, 2.05) is 12.2 Å². The molecule has 0 heteroatoms. The fraction of sp³-hybridized carbons (Fsp3) is 0.0588.